The van der Waals surface area contributed by atoms with Gasteiger partial charge in [-0.25, -0.2) is 0 Å². The molecule has 1 fully saturated rings. The lowest BCUT2D eigenvalue weighted by Crippen LogP contribution is -2.29. The van der Waals surface area contributed by atoms with E-state index >= 15 is 0 Å². The number of aryl methyl sites for hydroxylation is 1. The summed E-state index contributed by atoms with van der Waals surface area (Å²) in [5.41, 5.74) is 2.41. The van der Waals surface area contributed by atoms with E-state index in [-0.39, 0.29) is 0 Å². The van der Waals surface area contributed by atoms with Gasteiger partial charge in [-0.1, -0.05) is 36.6 Å². The van der Waals surface area contributed by atoms with Gasteiger partial charge in [-0.05, 0) is 37.1 Å². The number of hydrogen-bond donors (Lipinski definition) is 0. The van der Waals surface area contributed by atoms with Gasteiger partial charge in [0.1, 0.15) is 5.75 Å². The molecule has 0 amide bonds. The topological polar surface area (TPSA) is 30.3 Å². The lowest BCUT2D eigenvalue weighted by Gasteiger charge is -2.30. The molecule has 1 aliphatic heterocycles. The third-order valence-electron chi connectivity index (χ3n) is 4.64. The largest absolute Gasteiger partial charge is 0.497 e. The lowest BCUT2D eigenvalue weighted by atomic mass is 10.1. The van der Waals surface area contributed by atoms with Crippen LogP contribution in [0.15, 0.2) is 30.5 Å². The van der Waals surface area contributed by atoms with Crippen molar-refractivity contribution in [2.24, 2.45) is 7.05 Å². The van der Waals surface area contributed by atoms with Gasteiger partial charge in [0.25, 0.3) is 0 Å². The molecule has 1 saturated heterocycles. The van der Waals surface area contributed by atoms with Crippen LogP contribution in [0.25, 0.3) is 0 Å². The number of rotatable bonds is 4. The summed E-state index contributed by atoms with van der Waals surface area (Å²) in [6.45, 7) is 1.99. The number of ether oxygens (including phenoxy) is 1. The van der Waals surface area contributed by atoms with E-state index in [9.17, 15) is 0 Å². The minimum Gasteiger partial charge on any atom is -0.497 e. The van der Waals surface area contributed by atoms with Gasteiger partial charge in [-0.15, -0.1) is 0 Å². The van der Waals surface area contributed by atoms with Gasteiger partial charge in [0.05, 0.1) is 30.1 Å². The summed E-state index contributed by atoms with van der Waals surface area (Å²) in [5, 5.41) is 5.10. The summed E-state index contributed by atoms with van der Waals surface area (Å²) in [6.07, 6.45) is 6.63. The number of methoxy groups -OCH3 is 1. The minimum atomic E-state index is 0.323. The van der Waals surface area contributed by atoms with Crippen molar-refractivity contribution in [2.75, 3.05) is 13.7 Å². The predicted octanol–water partition coefficient (Wildman–Crippen LogP) is 4.20. The molecule has 1 unspecified atom stereocenters. The van der Waals surface area contributed by atoms with Gasteiger partial charge in [0.15, 0.2) is 0 Å². The molecular weight excluding hydrogens is 310 g/mol. The first kappa shape index (κ1) is 16.3. The predicted molar refractivity (Wildman–Crippen MR) is 92.8 cm³/mol. The van der Waals surface area contributed by atoms with E-state index in [4.69, 9.17) is 16.3 Å². The van der Waals surface area contributed by atoms with Crippen molar-refractivity contribution in [3.05, 3.63) is 46.7 Å². The second kappa shape index (κ2) is 7.37. The monoisotopic (exact) mass is 333 g/mol. The van der Waals surface area contributed by atoms with Crippen LogP contribution in [0.4, 0.5) is 0 Å². The number of nitrogens with zero attached hydrogens (tertiary/aromatic N) is 3. The van der Waals surface area contributed by atoms with Crippen molar-refractivity contribution in [1.29, 1.82) is 0 Å². The van der Waals surface area contributed by atoms with Crippen LogP contribution >= 0.6 is 11.6 Å². The summed E-state index contributed by atoms with van der Waals surface area (Å²) in [5.74, 6) is 0.910. The Morgan fingerprint density at radius 3 is 2.91 bits per heavy atom. The quantitative estimate of drug-likeness (QED) is 0.840. The van der Waals surface area contributed by atoms with Gasteiger partial charge < -0.3 is 4.74 Å². The van der Waals surface area contributed by atoms with Crippen LogP contribution in [0.5, 0.6) is 5.75 Å². The molecule has 1 atom stereocenters. The zero-order valence-corrected chi connectivity index (χ0v) is 14.6. The zero-order valence-electron chi connectivity index (χ0n) is 13.8. The van der Waals surface area contributed by atoms with Crippen LogP contribution in [0.3, 0.4) is 0 Å². The molecule has 5 heteroatoms. The highest BCUT2D eigenvalue weighted by Crippen LogP contribution is 2.35. The number of benzene rings is 1. The summed E-state index contributed by atoms with van der Waals surface area (Å²) >= 11 is 6.42. The highest BCUT2D eigenvalue weighted by molar-refractivity contribution is 6.31. The fourth-order valence-electron chi connectivity index (χ4n) is 3.47. The van der Waals surface area contributed by atoms with E-state index < -0.39 is 0 Å². The highest BCUT2D eigenvalue weighted by atomic mass is 35.5. The maximum atomic E-state index is 6.42. The normalized spacial score (nSPS) is 19.5. The first-order valence-electron chi connectivity index (χ1n) is 8.23. The van der Waals surface area contributed by atoms with Crippen LogP contribution in [0.1, 0.15) is 43.0 Å². The van der Waals surface area contributed by atoms with Crippen molar-refractivity contribution < 1.29 is 4.74 Å². The van der Waals surface area contributed by atoms with E-state index in [1.165, 1.54) is 24.8 Å². The van der Waals surface area contributed by atoms with Crippen LogP contribution < -0.4 is 4.74 Å². The number of likely N-dealkylation sites (tertiary alicyclic amines) is 1. The van der Waals surface area contributed by atoms with Crippen molar-refractivity contribution in [3.63, 3.8) is 0 Å². The number of hydrogen-bond acceptors (Lipinski definition) is 3. The maximum absolute atomic E-state index is 6.42. The van der Waals surface area contributed by atoms with E-state index in [1.807, 2.05) is 17.8 Å². The second-order valence-corrected chi connectivity index (χ2v) is 6.60. The molecular formula is C18H24ClN3O. The molecule has 0 spiro atoms. The molecule has 0 N–H and O–H groups in total. The molecule has 0 radical (unpaired) electrons. The molecule has 2 aromatic rings. The fourth-order valence-corrected chi connectivity index (χ4v) is 3.76. The summed E-state index contributed by atoms with van der Waals surface area (Å²) < 4.78 is 7.28. The molecule has 1 aromatic heterocycles. The number of halogens is 1. The van der Waals surface area contributed by atoms with Crippen molar-refractivity contribution in [2.45, 2.75) is 38.3 Å². The van der Waals surface area contributed by atoms with Gasteiger partial charge in [-0.3, -0.25) is 9.58 Å². The van der Waals surface area contributed by atoms with Gasteiger partial charge in [0.2, 0.25) is 0 Å². The minimum absolute atomic E-state index is 0.323. The Balaban J connectivity index is 1.87. The zero-order chi connectivity index (χ0) is 16.2. The van der Waals surface area contributed by atoms with Crippen LogP contribution in [-0.2, 0) is 13.6 Å². The second-order valence-electron chi connectivity index (χ2n) is 6.19. The molecule has 0 bridgehead atoms. The standard InChI is InChI=1S/C18H24ClN3O/c1-21-18(16(19)12-20-21)17-9-4-3-5-10-22(17)13-14-7-6-8-15(11-14)23-2/h6-8,11-12,17H,3-5,9-10,13H2,1-2H3. The molecule has 1 aromatic carbocycles. The molecule has 2 heterocycles. The molecule has 1 aliphatic rings. The highest BCUT2D eigenvalue weighted by Gasteiger charge is 2.27. The molecule has 124 valence electrons. The molecule has 0 aliphatic carbocycles. The molecule has 4 nitrogen and oxygen atoms in total. The smallest absolute Gasteiger partial charge is 0.119 e. The van der Waals surface area contributed by atoms with E-state index in [0.717, 1.165) is 36.0 Å². The molecule has 23 heavy (non-hydrogen) atoms. The Morgan fingerprint density at radius 2 is 2.17 bits per heavy atom. The average Bonchev–Trinajstić information content (AvgIpc) is 2.75. The fraction of sp³-hybridized carbons (Fsp3) is 0.500. The Morgan fingerprint density at radius 1 is 1.30 bits per heavy atom. The molecule has 3 rings (SSSR count). The third kappa shape index (κ3) is 3.70. The van der Waals surface area contributed by atoms with Crippen LogP contribution in [0, 0.1) is 0 Å². The van der Waals surface area contributed by atoms with E-state index in [0.29, 0.717) is 6.04 Å². The SMILES string of the molecule is COc1cccc(CN2CCCCCC2c2c(Cl)cnn2C)c1. The molecule has 0 saturated carbocycles. The lowest BCUT2D eigenvalue weighted by molar-refractivity contribution is 0.184. The Kier molecular flexibility index (Phi) is 5.23. The maximum Gasteiger partial charge on any atom is 0.119 e. The van der Waals surface area contributed by atoms with Gasteiger partial charge in [0, 0.05) is 13.6 Å². The van der Waals surface area contributed by atoms with Crippen molar-refractivity contribution in [3.8, 4) is 5.75 Å². The van der Waals surface area contributed by atoms with E-state index in [1.54, 1.807) is 13.3 Å². The van der Waals surface area contributed by atoms with Crippen LogP contribution in [-0.4, -0.2) is 28.3 Å². The Hall–Kier alpha value is -1.52. The summed E-state index contributed by atoms with van der Waals surface area (Å²) in [4.78, 5) is 2.53. The Bertz CT molecular complexity index is 636. The van der Waals surface area contributed by atoms with Gasteiger partial charge in [-0.2, -0.15) is 5.10 Å². The Labute approximate surface area is 143 Å². The third-order valence-corrected chi connectivity index (χ3v) is 4.93. The summed E-state index contributed by atoms with van der Waals surface area (Å²) in [6, 6.07) is 8.64. The summed E-state index contributed by atoms with van der Waals surface area (Å²) in [7, 11) is 3.69. The van der Waals surface area contributed by atoms with Crippen LogP contribution in [0.2, 0.25) is 5.02 Å². The van der Waals surface area contributed by atoms with E-state index in [2.05, 4.69) is 28.2 Å². The number of aromatic nitrogens is 2. The van der Waals surface area contributed by atoms with Crippen molar-refractivity contribution >= 4 is 11.6 Å². The van der Waals surface area contributed by atoms with Crippen molar-refractivity contribution in [1.82, 2.24) is 14.7 Å². The first-order valence-corrected chi connectivity index (χ1v) is 8.61. The average molecular weight is 334 g/mol. The van der Waals surface area contributed by atoms with Gasteiger partial charge >= 0.3 is 0 Å². The first-order chi connectivity index (χ1) is 11.2.